The van der Waals surface area contributed by atoms with Gasteiger partial charge in [0.25, 0.3) is 0 Å². The SMILES string of the molecule is CC(O)(c1ccc(N)cc1)C(O)c1ccc(N)cc1. The van der Waals surface area contributed by atoms with Crippen LogP contribution in [0.3, 0.4) is 0 Å². The highest BCUT2D eigenvalue weighted by molar-refractivity contribution is 5.43. The van der Waals surface area contributed by atoms with Crippen LogP contribution < -0.4 is 11.5 Å². The van der Waals surface area contributed by atoms with Crippen molar-refractivity contribution in [3.05, 3.63) is 59.7 Å². The molecular formula is C15H18N2O2. The molecule has 0 bridgehead atoms. The van der Waals surface area contributed by atoms with Gasteiger partial charge in [0.1, 0.15) is 11.7 Å². The molecule has 4 heteroatoms. The smallest absolute Gasteiger partial charge is 0.117 e. The lowest BCUT2D eigenvalue weighted by Gasteiger charge is -2.30. The molecule has 19 heavy (non-hydrogen) atoms. The maximum atomic E-state index is 10.5. The number of aliphatic hydroxyl groups excluding tert-OH is 1. The van der Waals surface area contributed by atoms with E-state index in [4.69, 9.17) is 11.5 Å². The van der Waals surface area contributed by atoms with E-state index in [1.165, 1.54) is 0 Å². The van der Waals surface area contributed by atoms with Crippen LogP contribution in [-0.4, -0.2) is 10.2 Å². The fourth-order valence-corrected chi connectivity index (χ4v) is 1.98. The molecule has 100 valence electrons. The van der Waals surface area contributed by atoms with E-state index in [2.05, 4.69) is 0 Å². The van der Waals surface area contributed by atoms with Crippen molar-refractivity contribution < 1.29 is 10.2 Å². The summed E-state index contributed by atoms with van der Waals surface area (Å²) in [6.07, 6.45) is -1.04. The standard InChI is InChI=1S/C15H18N2O2/c1-15(19,11-4-8-13(17)9-5-11)14(18)10-2-6-12(16)7-3-10/h2-9,14,18-19H,16-17H2,1H3. The fourth-order valence-electron chi connectivity index (χ4n) is 1.98. The molecule has 2 aromatic rings. The third kappa shape index (κ3) is 2.70. The monoisotopic (exact) mass is 258 g/mol. The predicted molar refractivity (Wildman–Crippen MR) is 76.2 cm³/mol. The second-order valence-electron chi connectivity index (χ2n) is 4.84. The summed E-state index contributed by atoms with van der Waals surface area (Å²) in [5, 5.41) is 20.9. The zero-order valence-corrected chi connectivity index (χ0v) is 10.7. The van der Waals surface area contributed by atoms with Gasteiger partial charge in [-0.3, -0.25) is 0 Å². The molecular weight excluding hydrogens is 240 g/mol. The predicted octanol–water partition coefficient (Wildman–Crippen LogP) is 1.79. The second kappa shape index (κ2) is 4.91. The van der Waals surface area contributed by atoms with Gasteiger partial charge in [0.15, 0.2) is 0 Å². The lowest BCUT2D eigenvalue weighted by molar-refractivity contribution is -0.0690. The van der Waals surface area contributed by atoms with Gasteiger partial charge >= 0.3 is 0 Å². The number of anilines is 2. The number of aliphatic hydroxyl groups is 2. The Hall–Kier alpha value is -2.04. The van der Waals surface area contributed by atoms with Gasteiger partial charge in [-0.05, 0) is 42.3 Å². The van der Waals surface area contributed by atoms with Crippen molar-refractivity contribution in [1.82, 2.24) is 0 Å². The number of rotatable bonds is 3. The molecule has 2 unspecified atom stereocenters. The minimum Gasteiger partial charge on any atom is -0.399 e. The number of nitrogens with two attached hydrogens (primary N) is 2. The van der Waals surface area contributed by atoms with Crippen LogP contribution in [0.2, 0.25) is 0 Å². The van der Waals surface area contributed by atoms with Crippen LogP contribution in [0.1, 0.15) is 24.2 Å². The van der Waals surface area contributed by atoms with E-state index >= 15 is 0 Å². The first kappa shape index (κ1) is 13.4. The van der Waals surface area contributed by atoms with Crippen LogP contribution in [0.4, 0.5) is 11.4 Å². The zero-order valence-electron chi connectivity index (χ0n) is 10.7. The van der Waals surface area contributed by atoms with Crippen molar-refractivity contribution in [2.75, 3.05) is 11.5 Å². The van der Waals surface area contributed by atoms with Crippen LogP contribution in [0.15, 0.2) is 48.5 Å². The molecule has 0 spiro atoms. The van der Waals surface area contributed by atoms with Crippen molar-refractivity contribution in [2.45, 2.75) is 18.6 Å². The van der Waals surface area contributed by atoms with Gasteiger partial charge in [0, 0.05) is 11.4 Å². The molecule has 0 amide bonds. The largest absolute Gasteiger partial charge is 0.399 e. The molecule has 0 heterocycles. The Labute approximate surface area is 112 Å². The molecule has 0 aromatic heterocycles. The molecule has 0 saturated heterocycles. The van der Waals surface area contributed by atoms with E-state index in [1.54, 1.807) is 55.5 Å². The molecule has 0 aliphatic rings. The Morgan fingerprint density at radius 3 is 1.79 bits per heavy atom. The minimum atomic E-state index is -1.40. The lowest BCUT2D eigenvalue weighted by atomic mass is 9.86. The summed E-state index contributed by atoms with van der Waals surface area (Å²) in [7, 11) is 0. The molecule has 6 N–H and O–H groups in total. The van der Waals surface area contributed by atoms with Gasteiger partial charge in [-0.15, -0.1) is 0 Å². The summed E-state index contributed by atoms with van der Waals surface area (Å²) in [5.74, 6) is 0. The van der Waals surface area contributed by atoms with Crippen molar-refractivity contribution in [3.8, 4) is 0 Å². The quantitative estimate of drug-likeness (QED) is 0.631. The molecule has 0 radical (unpaired) electrons. The van der Waals surface area contributed by atoms with E-state index in [0.717, 1.165) is 0 Å². The summed E-state index contributed by atoms with van der Waals surface area (Å²) in [6, 6.07) is 13.6. The molecule has 4 nitrogen and oxygen atoms in total. The first-order valence-electron chi connectivity index (χ1n) is 6.03. The number of nitrogen functional groups attached to an aromatic ring is 2. The summed E-state index contributed by atoms with van der Waals surface area (Å²) in [5.41, 5.74) is 12.3. The highest BCUT2D eigenvalue weighted by Crippen LogP contribution is 2.35. The van der Waals surface area contributed by atoms with Gasteiger partial charge in [0.2, 0.25) is 0 Å². The van der Waals surface area contributed by atoms with E-state index in [9.17, 15) is 10.2 Å². The van der Waals surface area contributed by atoms with Gasteiger partial charge in [-0.25, -0.2) is 0 Å². The molecule has 0 aliphatic carbocycles. The highest BCUT2D eigenvalue weighted by Gasteiger charge is 2.33. The first-order valence-corrected chi connectivity index (χ1v) is 6.03. The zero-order chi connectivity index (χ0) is 14.0. The summed E-state index contributed by atoms with van der Waals surface area (Å²) in [6.45, 7) is 1.57. The lowest BCUT2D eigenvalue weighted by Crippen LogP contribution is -2.30. The van der Waals surface area contributed by atoms with Crippen LogP contribution in [0.25, 0.3) is 0 Å². The Morgan fingerprint density at radius 1 is 0.895 bits per heavy atom. The maximum absolute atomic E-state index is 10.5. The van der Waals surface area contributed by atoms with E-state index < -0.39 is 11.7 Å². The topological polar surface area (TPSA) is 92.5 Å². The van der Waals surface area contributed by atoms with Crippen molar-refractivity contribution in [2.24, 2.45) is 0 Å². The summed E-state index contributed by atoms with van der Waals surface area (Å²) >= 11 is 0. The molecule has 0 saturated carbocycles. The van der Waals surface area contributed by atoms with Crippen molar-refractivity contribution >= 4 is 11.4 Å². The van der Waals surface area contributed by atoms with Crippen molar-refractivity contribution in [3.63, 3.8) is 0 Å². The van der Waals surface area contributed by atoms with Gasteiger partial charge in [0.05, 0.1) is 0 Å². The first-order chi connectivity index (χ1) is 8.91. The van der Waals surface area contributed by atoms with E-state index in [0.29, 0.717) is 22.5 Å². The van der Waals surface area contributed by atoms with Crippen LogP contribution in [0.5, 0.6) is 0 Å². The van der Waals surface area contributed by atoms with Crippen LogP contribution >= 0.6 is 0 Å². The van der Waals surface area contributed by atoms with Crippen LogP contribution in [-0.2, 0) is 5.60 Å². The highest BCUT2D eigenvalue weighted by atomic mass is 16.3. The number of hydrogen-bond donors (Lipinski definition) is 4. The molecule has 2 rings (SSSR count). The second-order valence-corrected chi connectivity index (χ2v) is 4.84. The fraction of sp³-hybridized carbons (Fsp3) is 0.200. The Balaban J connectivity index is 2.32. The average molecular weight is 258 g/mol. The van der Waals surface area contributed by atoms with E-state index in [-0.39, 0.29) is 0 Å². The summed E-state index contributed by atoms with van der Waals surface area (Å²) in [4.78, 5) is 0. The third-order valence-electron chi connectivity index (χ3n) is 3.28. The number of benzene rings is 2. The minimum absolute atomic E-state index is 0.603. The molecule has 2 atom stereocenters. The molecule has 0 fully saturated rings. The van der Waals surface area contributed by atoms with Gasteiger partial charge < -0.3 is 21.7 Å². The van der Waals surface area contributed by atoms with Gasteiger partial charge in [-0.1, -0.05) is 24.3 Å². The Kier molecular flexibility index (Phi) is 3.46. The van der Waals surface area contributed by atoms with Gasteiger partial charge in [-0.2, -0.15) is 0 Å². The number of hydrogen-bond acceptors (Lipinski definition) is 4. The maximum Gasteiger partial charge on any atom is 0.117 e. The summed E-state index contributed by atoms with van der Waals surface area (Å²) < 4.78 is 0. The normalized spacial score (nSPS) is 15.7. The van der Waals surface area contributed by atoms with Crippen molar-refractivity contribution in [1.29, 1.82) is 0 Å². The Bertz CT molecular complexity index is 547. The average Bonchev–Trinajstić information content (AvgIpc) is 2.39. The van der Waals surface area contributed by atoms with E-state index in [1.807, 2.05) is 0 Å². The third-order valence-corrected chi connectivity index (χ3v) is 3.28. The van der Waals surface area contributed by atoms with Crippen LogP contribution in [0, 0.1) is 0 Å². The molecule has 0 aliphatic heterocycles. The molecule has 2 aromatic carbocycles. The Morgan fingerprint density at radius 2 is 1.32 bits per heavy atom.